The molecule has 0 radical (unpaired) electrons. The molecule has 1 aromatic rings. The number of hydrogen-bond acceptors (Lipinski definition) is 2. The van der Waals surface area contributed by atoms with Gasteiger partial charge < -0.3 is 16.0 Å². The third-order valence-electron chi connectivity index (χ3n) is 4.43. The van der Waals surface area contributed by atoms with E-state index < -0.39 is 0 Å². The Bertz CT molecular complexity index is 484. The second-order valence-corrected chi connectivity index (χ2v) is 6.18. The summed E-state index contributed by atoms with van der Waals surface area (Å²) in [5.74, 6) is 0.514. The number of benzene rings is 1. The number of hydrogen-bond donors (Lipinski definition) is 2. The lowest BCUT2D eigenvalue weighted by molar-refractivity contribution is 0.160. The lowest BCUT2D eigenvalue weighted by Crippen LogP contribution is -2.38. The maximum absolute atomic E-state index is 5.97. The Kier molecular flexibility index (Phi) is 6.72. The molecule has 0 aliphatic carbocycles. The molecule has 122 valence electrons. The van der Waals surface area contributed by atoms with Crippen LogP contribution in [0.5, 0.6) is 0 Å². The molecule has 1 saturated heterocycles. The number of guanidine groups is 1. The molecule has 3 N–H and O–H groups in total. The highest BCUT2D eigenvalue weighted by Crippen LogP contribution is 2.16. The van der Waals surface area contributed by atoms with E-state index in [1.54, 1.807) is 0 Å². The second-order valence-electron chi connectivity index (χ2n) is 6.18. The first-order valence-electron chi connectivity index (χ1n) is 8.59. The lowest BCUT2D eigenvalue weighted by Gasteiger charge is -2.33. The molecule has 1 heterocycles. The second kappa shape index (κ2) is 8.79. The van der Waals surface area contributed by atoms with Gasteiger partial charge in [-0.15, -0.1) is 0 Å². The number of likely N-dealkylation sites (tertiary alicyclic amines) is 1. The van der Waals surface area contributed by atoms with E-state index in [0.29, 0.717) is 5.96 Å². The van der Waals surface area contributed by atoms with Crippen LogP contribution in [0.3, 0.4) is 0 Å². The average molecular weight is 302 g/mol. The number of nitrogens with one attached hydrogen (secondary N) is 1. The van der Waals surface area contributed by atoms with Gasteiger partial charge in [-0.25, -0.2) is 0 Å². The quantitative estimate of drug-likeness (QED) is 0.482. The van der Waals surface area contributed by atoms with Crippen LogP contribution in [0.25, 0.3) is 0 Å². The van der Waals surface area contributed by atoms with E-state index in [1.165, 1.54) is 31.4 Å². The van der Waals surface area contributed by atoms with Crippen molar-refractivity contribution >= 4 is 11.6 Å². The van der Waals surface area contributed by atoms with Gasteiger partial charge in [0.1, 0.15) is 0 Å². The number of anilines is 1. The predicted molar refractivity (Wildman–Crippen MR) is 95.4 cm³/mol. The van der Waals surface area contributed by atoms with Crippen molar-refractivity contribution in [2.75, 3.05) is 25.0 Å². The van der Waals surface area contributed by atoms with Gasteiger partial charge in [0.25, 0.3) is 0 Å². The number of rotatable bonds is 6. The molecule has 0 spiro atoms. The minimum Gasteiger partial charge on any atom is -0.370 e. The van der Waals surface area contributed by atoms with E-state index >= 15 is 0 Å². The highest BCUT2D eigenvalue weighted by Gasteiger charge is 2.16. The van der Waals surface area contributed by atoms with E-state index in [0.717, 1.165) is 37.7 Å². The van der Waals surface area contributed by atoms with Gasteiger partial charge >= 0.3 is 0 Å². The molecule has 0 saturated carbocycles. The first-order valence-corrected chi connectivity index (χ1v) is 8.59. The zero-order valence-corrected chi connectivity index (χ0v) is 14.0. The zero-order chi connectivity index (χ0) is 15.8. The Morgan fingerprint density at radius 3 is 3.05 bits per heavy atom. The molecule has 0 aromatic heterocycles. The summed E-state index contributed by atoms with van der Waals surface area (Å²) in [6.07, 6.45) is 6.15. The molecule has 0 amide bonds. The molecule has 1 fully saturated rings. The maximum atomic E-state index is 5.97. The van der Waals surface area contributed by atoms with Gasteiger partial charge in [0.05, 0.1) is 0 Å². The van der Waals surface area contributed by atoms with E-state index in [1.807, 2.05) is 12.1 Å². The average Bonchev–Trinajstić information content (AvgIpc) is 2.53. The standard InChI is InChI=1S/C18H30N4/c1-3-16-9-6-10-17(14-16)21-18(19)20-11-7-13-22-12-5-4-8-15(22)2/h6,9-10,14-15H,3-5,7-8,11-13H2,1-2H3,(H3,19,20,21). The number of nitrogens with zero attached hydrogens (tertiary/aromatic N) is 2. The Morgan fingerprint density at radius 1 is 1.41 bits per heavy atom. The lowest BCUT2D eigenvalue weighted by atomic mass is 10.0. The third kappa shape index (κ3) is 5.34. The largest absolute Gasteiger partial charge is 0.370 e. The van der Waals surface area contributed by atoms with Crippen molar-refractivity contribution in [3.63, 3.8) is 0 Å². The third-order valence-corrected chi connectivity index (χ3v) is 4.43. The Balaban J connectivity index is 1.73. The Labute approximate surface area is 134 Å². The zero-order valence-electron chi connectivity index (χ0n) is 14.0. The Morgan fingerprint density at radius 2 is 2.27 bits per heavy atom. The van der Waals surface area contributed by atoms with Crippen molar-refractivity contribution in [2.24, 2.45) is 10.7 Å². The fourth-order valence-electron chi connectivity index (χ4n) is 3.02. The topological polar surface area (TPSA) is 53.6 Å². The van der Waals surface area contributed by atoms with Crippen LogP contribution in [0.2, 0.25) is 0 Å². The van der Waals surface area contributed by atoms with Crippen molar-refractivity contribution in [3.8, 4) is 0 Å². The fraction of sp³-hybridized carbons (Fsp3) is 0.611. The fourth-order valence-corrected chi connectivity index (χ4v) is 3.02. The van der Waals surface area contributed by atoms with Crippen molar-refractivity contribution in [1.82, 2.24) is 4.90 Å². The van der Waals surface area contributed by atoms with E-state index in [-0.39, 0.29) is 0 Å². The van der Waals surface area contributed by atoms with Crippen LogP contribution >= 0.6 is 0 Å². The van der Waals surface area contributed by atoms with Gasteiger partial charge in [-0.2, -0.15) is 0 Å². The van der Waals surface area contributed by atoms with Gasteiger partial charge in [-0.05, 0) is 56.8 Å². The first kappa shape index (κ1) is 16.8. The van der Waals surface area contributed by atoms with Gasteiger partial charge in [0.2, 0.25) is 0 Å². The van der Waals surface area contributed by atoms with Crippen molar-refractivity contribution in [3.05, 3.63) is 29.8 Å². The van der Waals surface area contributed by atoms with Crippen LogP contribution in [-0.2, 0) is 6.42 Å². The Hall–Kier alpha value is -1.55. The number of aryl methyl sites for hydroxylation is 1. The van der Waals surface area contributed by atoms with E-state index in [9.17, 15) is 0 Å². The molecule has 1 aromatic carbocycles. The SMILES string of the molecule is CCc1cccc(NC(N)=NCCCN2CCCCC2C)c1. The smallest absolute Gasteiger partial charge is 0.193 e. The number of piperidine rings is 1. The van der Waals surface area contributed by atoms with Crippen molar-refractivity contribution in [2.45, 2.75) is 52.0 Å². The maximum Gasteiger partial charge on any atom is 0.193 e. The summed E-state index contributed by atoms with van der Waals surface area (Å²) in [6.45, 7) is 7.64. The van der Waals surface area contributed by atoms with Crippen LogP contribution in [-0.4, -0.2) is 36.5 Å². The van der Waals surface area contributed by atoms with Crippen molar-refractivity contribution in [1.29, 1.82) is 0 Å². The molecule has 4 nitrogen and oxygen atoms in total. The molecular weight excluding hydrogens is 272 g/mol. The number of nitrogens with two attached hydrogens (primary N) is 1. The summed E-state index contributed by atoms with van der Waals surface area (Å²) in [7, 11) is 0. The number of aliphatic imine (C=N–C) groups is 1. The summed E-state index contributed by atoms with van der Waals surface area (Å²) in [6, 6.07) is 9.05. The molecule has 1 aliphatic heterocycles. The van der Waals surface area contributed by atoms with Crippen LogP contribution in [0.1, 0.15) is 45.1 Å². The highest BCUT2D eigenvalue weighted by atomic mass is 15.2. The van der Waals surface area contributed by atoms with Crippen LogP contribution < -0.4 is 11.1 Å². The van der Waals surface area contributed by atoms with Crippen LogP contribution in [0, 0.1) is 0 Å². The monoisotopic (exact) mass is 302 g/mol. The van der Waals surface area contributed by atoms with Gasteiger partial charge in [-0.1, -0.05) is 25.5 Å². The summed E-state index contributed by atoms with van der Waals surface area (Å²) in [5, 5.41) is 3.18. The highest BCUT2D eigenvalue weighted by molar-refractivity contribution is 5.92. The molecule has 22 heavy (non-hydrogen) atoms. The molecule has 2 rings (SSSR count). The summed E-state index contributed by atoms with van der Waals surface area (Å²) >= 11 is 0. The van der Waals surface area contributed by atoms with E-state index in [2.05, 4.69) is 41.2 Å². The molecule has 4 heteroatoms. The normalized spacial score (nSPS) is 20.1. The van der Waals surface area contributed by atoms with Crippen LogP contribution in [0.4, 0.5) is 5.69 Å². The van der Waals surface area contributed by atoms with Crippen LogP contribution in [0.15, 0.2) is 29.3 Å². The van der Waals surface area contributed by atoms with E-state index in [4.69, 9.17) is 5.73 Å². The molecule has 0 bridgehead atoms. The first-order chi connectivity index (χ1) is 10.7. The van der Waals surface area contributed by atoms with Gasteiger partial charge in [-0.3, -0.25) is 4.99 Å². The summed E-state index contributed by atoms with van der Waals surface area (Å²) in [5.41, 5.74) is 8.29. The molecule has 1 aliphatic rings. The minimum atomic E-state index is 0.514. The summed E-state index contributed by atoms with van der Waals surface area (Å²) in [4.78, 5) is 7.02. The molecule has 1 unspecified atom stereocenters. The molecule has 1 atom stereocenters. The van der Waals surface area contributed by atoms with Gasteiger partial charge in [0.15, 0.2) is 5.96 Å². The summed E-state index contributed by atoms with van der Waals surface area (Å²) < 4.78 is 0. The minimum absolute atomic E-state index is 0.514. The molecular formula is C18H30N4. The van der Waals surface area contributed by atoms with Gasteiger partial charge in [0, 0.05) is 24.8 Å². The predicted octanol–water partition coefficient (Wildman–Crippen LogP) is 3.24. The van der Waals surface area contributed by atoms with Crippen molar-refractivity contribution < 1.29 is 0 Å².